The third kappa shape index (κ3) is 3.43. The second kappa shape index (κ2) is 7.04. The highest BCUT2D eigenvalue weighted by Crippen LogP contribution is 2.29. The van der Waals surface area contributed by atoms with Crippen LogP contribution in [0.15, 0.2) is 29.3 Å². The lowest BCUT2D eigenvalue weighted by molar-refractivity contribution is -0.129. The molecule has 1 aromatic rings. The van der Waals surface area contributed by atoms with Gasteiger partial charge in [0, 0.05) is 18.7 Å². The largest absolute Gasteiger partial charge is 0.462 e. The zero-order valence-corrected chi connectivity index (χ0v) is 14.0. The number of hydrogen-bond acceptors (Lipinski definition) is 6. The van der Waals surface area contributed by atoms with E-state index in [0.29, 0.717) is 36.1 Å². The number of nitrogens with zero attached hydrogens (tertiary/aromatic N) is 2. The van der Waals surface area contributed by atoms with Gasteiger partial charge in [-0.1, -0.05) is 11.8 Å². The molecule has 2 aliphatic heterocycles. The van der Waals surface area contributed by atoms with Gasteiger partial charge in [-0.25, -0.2) is 4.79 Å². The molecule has 2 heterocycles. The molecule has 3 rings (SSSR count). The van der Waals surface area contributed by atoms with E-state index in [9.17, 15) is 14.4 Å². The average molecular weight is 347 g/mol. The van der Waals surface area contributed by atoms with Gasteiger partial charge < -0.3 is 10.1 Å². The van der Waals surface area contributed by atoms with Crippen LogP contribution in [0.2, 0.25) is 0 Å². The topological polar surface area (TPSA) is 88.1 Å². The highest BCUT2D eigenvalue weighted by Gasteiger charge is 2.37. The summed E-state index contributed by atoms with van der Waals surface area (Å²) in [6.45, 7) is 3.25. The molecule has 2 amide bonds. The van der Waals surface area contributed by atoms with Gasteiger partial charge in [-0.3, -0.25) is 19.5 Å². The molecule has 0 radical (unpaired) electrons. The van der Waals surface area contributed by atoms with Gasteiger partial charge in [0.2, 0.25) is 11.8 Å². The van der Waals surface area contributed by atoms with Crippen molar-refractivity contribution >= 4 is 40.4 Å². The normalized spacial score (nSPS) is 19.5. The van der Waals surface area contributed by atoms with Crippen molar-refractivity contribution < 1.29 is 19.1 Å². The average Bonchev–Trinajstić information content (AvgIpc) is 3.05. The van der Waals surface area contributed by atoms with Crippen molar-refractivity contribution in [1.29, 1.82) is 0 Å². The lowest BCUT2D eigenvalue weighted by Crippen LogP contribution is -2.43. The number of nitrogens with one attached hydrogen (secondary N) is 1. The van der Waals surface area contributed by atoms with Gasteiger partial charge in [0.05, 0.1) is 18.7 Å². The number of aliphatic imine (C=N–C) groups is 1. The van der Waals surface area contributed by atoms with Gasteiger partial charge in [0.25, 0.3) is 0 Å². The Hall–Kier alpha value is -2.35. The molecule has 8 heteroatoms. The van der Waals surface area contributed by atoms with E-state index in [0.717, 1.165) is 0 Å². The minimum absolute atomic E-state index is 0.0668. The molecule has 7 nitrogen and oxygen atoms in total. The molecule has 0 unspecified atom stereocenters. The van der Waals surface area contributed by atoms with Crippen LogP contribution in [0.4, 0.5) is 5.69 Å². The number of hydrogen-bond donors (Lipinski definition) is 1. The number of esters is 1. The number of fused-ring (bicyclic) bond motifs is 1. The molecule has 1 fully saturated rings. The zero-order chi connectivity index (χ0) is 17.1. The van der Waals surface area contributed by atoms with Crippen molar-refractivity contribution in [2.75, 3.05) is 25.0 Å². The third-order valence-corrected chi connectivity index (χ3v) is 4.89. The van der Waals surface area contributed by atoms with Gasteiger partial charge in [-0.2, -0.15) is 0 Å². The number of rotatable bonds is 4. The Kier molecular flexibility index (Phi) is 4.84. The number of anilines is 1. The van der Waals surface area contributed by atoms with Gasteiger partial charge in [0.15, 0.2) is 5.17 Å². The standard InChI is InChI=1S/C16H17N3O4S/c1-2-23-15(22)10-3-5-11(6-4-10)18-14(21)12-9-13(20)19-8-7-17-16(19)24-12/h3-6,12H,2,7-9H2,1H3,(H,18,21)/t12-/m0/s1. The van der Waals surface area contributed by atoms with E-state index >= 15 is 0 Å². The maximum Gasteiger partial charge on any atom is 0.338 e. The fourth-order valence-electron chi connectivity index (χ4n) is 2.47. The first-order valence-corrected chi connectivity index (χ1v) is 8.56. The molecule has 0 aliphatic carbocycles. The minimum Gasteiger partial charge on any atom is -0.462 e. The Bertz CT molecular complexity index is 702. The Balaban J connectivity index is 1.62. The van der Waals surface area contributed by atoms with Crippen LogP contribution in [0.3, 0.4) is 0 Å². The maximum absolute atomic E-state index is 12.4. The Morgan fingerprint density at radius 1 is 1.38 bits per heavy atom. The molecule has 0 saturated carbocycles. The van der Waals surface area contributed by atoms with E-state index in [1.807, 2.05) is 0 Å². The second-order valence-electron chi connectivity index (χ2n) is 5.31. The highest BCUT2D eigenvalue weighted by molar-refractivity contribution is 8.15. The summed E-state index contributed by atoms with van der Waals surface area (Å²) in [5.41, 5.74) is 0.991. The van der Waals surface area contributed by atoms with Crippen LogP contribution in [-0.2, 0) is 14.3 Å². The number of thioether (sulfide) groups is 1. The Labute approximate surface area is 143 Å². The van der Waals surface area contributed by atoms with Crippen molar-refractivity contribution in [2.24, 2.45) is 4.99 Å². The summed E-state index contributed by atoms with van der Waals surface area (Å²) in [5.74, 6) is -0.711. The van der Waals surface area contributed by atoms with E-state index in [2.05, 4.69) is 10.3 Å². The molecule has 1 aromatic carbocycles. The van der Waals surface area contributed by atoms with Crippen molar-refractivity contribution in [3.8, 4) is 0 Å². The SMILES string of the molecule is CCOC(=O)c1ccc(NC(=O)[C@@H]2CC(=O)N3CCN=C3S2)cc1. The van der Waals surface area contributed by atoms with Gasteiger partial charge in [0.1, 0.15) is 5.25 Å². The highest BCUT2D eigenvalue weighted by atomic mass is 32.2. The number of ether oxygens (including phenoxy) is 1. The van der Waals surface area contributed by atoms with Gasteiger partial charge in [-0.15, -0.1) is 0 Å². The van der Waals surface area contributed by atoms with Crippen LogP contribution >= 0.6 is 11.8 Å². The Morgan fingerprint density at radius 2 is 2.12 bits per heavy atom. The molecule has 24 heavy (non-hydrogen) atoms. The number of amidine groups is 1. The van der Waals surface area contributed by atoms with Crippen molar-refractivity contribution in [3.63, 3.8) is 0 Å². The molecule has 0 bridgehead atoms. The number of carbonyl (C=O) groups is 3. The monoisotopic (exact) mass is 347 g/mol. The summed E-state index contributed by atoms with van der Waals surface area (Å²) in [6, 6.07) is 6.46. The number of carbonyl (C=O) groups excluding carboxylic acids is 3. The van der Waals surface area contributed by atoms with Gasteiger partial charge in [-0.05, 0) is 31.2 Å². The maximum atomic E-state index is 12.4. The summed E-state index contributed by atoms with van der Waals surface area (Å²) in [4.78, 5) is 41.9. The zero-order valence-electron chi connectivity index (χ0n) is 13.2. The van der Waals surface area contributed by atoms with Crippen molar-refractivity contribution in [3.05, 3.63) is 29.8 Å². The lowest BCUT2D eigenvalue weighted by atomic mass is 10.2. The summed E-state index contributed by atoms with van der Waals surface area (Å²) in [7, 11) is 0. The van der Waals surface area contributed by atoms with Crippen LogP contribution in [-0.4, -0.2) is 52.8 Å². The third-order valence-electron chi connectivity index (χ3n) is 3.67. The lowest BCUT2D eigenvalue weighted by Gasteiger charge is -2.27. The molecular formula is C16H17N3O4S. The molecule has 0 aromatic heterocycles. The van der Waals surface area contributed by atoms with Crippen LogP contribution in [0.25, 0.3) is 0 Å². The van der Waals surface area contributed by atoms with E-state index in [1.54, 1.807) is 36.1 Å². The van der Waals surface area contributed by atoms with Crippen LogP contribution in [0.1, 0.15) is 23.7 Å². The van der Waals surface area contributed by atoms with E-state index in [-0.39, 0.29) is 18.2 Å². The first kappa shape index (κ1) is 16.5. The summed E-state index contributed by atoms with van der Waals surface area (Å²) in [6.07, 6.45) is 0.163. The quantitative estimate of drug-likeness (QED) is 0.834. The minimum atomic E-state index is -0.490. The fraction of sp³-hybridized carbons (Fsp3) is 0.375. The molecule has 0 spiro atoms. The molecule has 2 aliphatic rings. The number of amides is 2. The molecular weight excluding hydrogens is 330 g/mol. The van der Waals surface area contributed by atoms with E-state index in [4.69, 9.17) is 4.74 Å². The Morgan fingerprint density at radius 3 is 2.83 bits per heavy atom. The first-order chi connectivity index (χ1) is 11.6. The van der Waals surface area contributed by atoms with Crippen molar-refractivity contribution in [1.82, 2.24) is 4.90 Å². The molecule has 126 valence electrons. The summed E-state index contributed by atoms with van der Waals surface area (Å²) in [5, 5.41) is 2.91. The van der Waals surface area contributed by atoms with Crippen LogP contribution in [0.5, 0.6) is 0 Å². The predicted molar refractivity (Wildman–Crippen MR) is 91.0 cm³/mol. The first-order valence-electron chi connectivity index (χ1n) is 7.68. The van der Waals surface area contributed by atoms with Crippen LogP contribution in [0, 0.1) is 0 Å². The fourth-order valence-corrected chi connectivity index (χ4v) is 3.60. The number of benzene rings is 1. The van der Waals surface area contributed by atoms with Crippen LogP contribution < -0.4 is 5.32 Å². The summed E-state index contributed by atoms with van der Waals surface area (Å²) >= 11 is 1.32. The second-order valence-corrected chi connectivity index (χ2v) is 6.48. The predicted octanol–water partition coefficient (Wildman–Crippen LogP) is 1.51. The van der Waals surface area contributed by atoms with Gasteiger partial charge >= 0.3 is 5.97 Å². The van der Waals surface area contributed by atoms with Crippen molar-refractivity contribution in [2.45, 2.75) is 18.6 Å². The molecule has 1 atom stereocenters. The smallest absolute Gasteiger partial charge is 0.338 e. The van der Waals surface area contributed by atoms with E-state index < -0.39 is 11.2 Å². The van der Waals surface area contributed by atoms with E-state index in [1.165, 1.54) is 11.8 Å². The molecule has 1 N–H and O–H groups in total. The summed E-state index contributed by atoms with van der Waals surface area (Å²) < 4.78 is 4.91. The molecule has 1 saturated heterocycles.